The zero-order valence-corrected chi connectivity index (χ0v) is 14.4. The van der Waals surface area contributed by atoms with E-state index in [1.807, 2.05) is 37.3 Å². The fourth-order valence-corrected chi connectivity index (χ4v) is 2.89. The van der Waals surface area contributed by atoms with Gasteiger partial charge in [0.05, 0.1) is 5.69 Å². The highest BCUT2D eigenvalue weighted by molar-refractivity contribution is 5.44. The molecule has 2 aromatic rings. The van der Waals surface area contributed by atoms with Gasteiger partial charge in [0.25, 0.3) is 0 Å². The number of aryl methyl sites for hydroxylation is 1. The monoisotopic (exact) mass is 326 g/mol. The highest BCUT2D eigenvalue weighted by Gasteiger charge is 2.29. The van der Waals surface area contributed by atoms with Crippen LogP contribution in [0, 0.1) is 0 Å². The van der Waals surface area contributed by atoms with E-state index in [0.29, 0.717) is 12.0 Å². The van der Waals surface area contributed by atoms with Crippen molar-refractivity contribution in [3.63, 3.8) is 0 Å². The van der Waals surface area contributed by atoms with Crippen molar-refractivity contribution in [1.82, 2.24) is 15.0 Å². The molecule has 0 radical (unpaired) electrons. The minimum Gasteiger partial charge on any atom is -0.370 e. The summed E-state index contributed by atoms with van der Waals surface area (Å²) in [5, 5.41) is 3.43. The molecule has 24 heavy (non-hydrogen) atoms. The molecule has 6 nitrogen and oxygen atoms in total. The largest absolute Gasteiger partial charge is 0.370 e. The minimum atomic E-state index is 0.322. The van der Waals surface area contributed by atoms with E-state index >= 15 is 0 Å². The Morgan fingerprint density at radius 2 is 2.08 bits per heavy atom. The Morgan fingerprint density at radius 3 is 2.75 bits per heavy atom. The van der Waals surface area contributed by atoms with E-state index in [1.165, 1.54) is 0 Å². The Kier molecular flexibility index (Phi) is 5.25. The van der Waals surface area contributed by atoms with E-state index in [1.54, 1.807) is 0 Å². The van der Waals surface area contributed by atoms with Crippen LogP contribution in [0.25, 0.3) is 0 Å². The molecule has 0 unspecified atom stereocenters. The van der Waals surface area contributed by atoms with E-state index in [9.17, 15) is 0 Å². The first-order chi connectivity index (χ1) is 11.6. The van der Waals surface area contributed by atoms with Crippen LogP contribution in [0.4, 0.5) is 11.8 Å². The number of aromatic nitrogens is 3. The first kappa shape index (κ1) is 16.6. The molecule has 0 amide bonds. The lowest BCUT2D eigenvalue weighted by molar-refractivity contribution is 0.345. The summed E-state index contributed by atoms with van der Waals surface area (Å²) >= 11 is 0. The second kappa shape index (κ2) is 7.57. The second-order valence-electron chi connectivity index (χ2n) is 6.65. The average Bonchev–Trinajstić information content (AvgIpc) is 2.56. The molecule has 0 aromatic carbocycles. The normalized spacial score (nSPS) is 19.6. The van der Waals surface area contributed by atoms with Gasteiger partial charge in [-0.25, -0.2) is 4.98 Å². The molecule has 3 N–H and O–H groups in total. The maximum Gasteiger partial charge on any atom is 0.227 e. The molecule has 2 aromatic heterocycles. The van der Waals surface area contributed by atoms with Crippen molar-refractivity contribution >= 4 is 11.8 Å². The summed E-state index contributed by atoms with van der Waals surface area (Å²) in [6.45, 7) is 0.865. The summed E-state index contributed by atoms with van der Waals surface area (Å²) in [7, 11) is 3.94. The maximum atomic E-state index is 5.92. The van der Waals surface area contributed by atoms with Crippen LogP contribution in [0.5, 0.6) is 0 Å². The Hall–Kier alpha value is -2.21. The van der Waals surface area contributed by atoms with Gasteiger partial charge in [-0.05, 0) is 37.8 Å². The quantitative estimate of drug-likeness (QED) is 0.759. The van der Waals surface area contributed by atoms with Crippen LogP contribution in [0.3, 0.4) is 0 Å². The molecule has 128 valence electrons. The van der Waals surface area contributed by atoms with Crippen LogP contribution < -0.4 is 16.0 Å². The number of nitrogens with zero attached hydrogens (tertiary/aromatic N) is 4. The van der Waals surface area contributed by atoms with Crippen molar-refractivity contribution in [3.8, 4) is 0 Å². The van der Waals surface area contributed by atoms with Gasteiger partial charge in [0.15, 0.2) is 0 Å². The van der Waals surface area contributed by atoms with Crippen molar-refractivity contribution in [2.75, 3.05) is 30.9 Å². The average molecular weight is 326 g/mol. The summed E-state index contributed by atoms with van der Waals surface area (Å²) in [6, 6.07) is 8.43. The van der Waals surface area contributed by atoms with Gasteiger partial charge in [0, 0.05) is 50.6 Å². The van der Waals surface area contributed by atoms with Crippen molar-refractivity contribution < 1.29 is 0 Å². The summed E-state index contributed by atoms with van der Waals surface area (Å²) in [5.41, 5.74) is 8.15. The second-order valence-corrected chi connectivity index (χ2v) is 6.65. The molecule has 1 aliphatic carbocycles. The highest BCUT2D eigenvalue weighted by atomic mass is 15.2. The number of pyridine rings is 1. The maximum absolute atomic E-state index is 5.92. The third kappa shape index (κ3) is 4.20. The summed E-state index contributed by atoms with van der Waals surface area (Å²) in [5.74, 6) is 2.11. The number of hydrogen-bond acceptors (Lipinski definition) is 6. The molecule has 1 fully saturated rings. The van der Waals surface area contributed by atoms with Gasteiger partial charge in [-0.15, -0.1) is 0 Å². The van der Waals surface area contributed by atoms with Crippen LogP contribution in [0.15, 0.2) is 30.5 Å². The van der Waals surface area contributed by atoms with Gasteiger partial charge in [-0.2, -0.15) is 4.98 Å². The Bertz CT molecular complexity index is 652. The molecule has 6 heteroatoms. The fourth-order valence-electron chi connectivity index (χ4n) is 2.89. The lowest BCUT2D eigenvalue weighted by Crippen LogP contribution is -2.35. The predicted molar refractivity (Wildman–Crippen MR) is 97.4 cm³/mol. The first-order valence-electron chi connectivity index (χ1n) is 8.57. The van der Waals surface area contributed by atoms with Gasteiger partial charge in [0.1, 0.15) is 5.82 Å². The lowest BCUT2D eigenvalue weighted by Gasteiger charge is -2.32. The lowest BCUT2D eigenvalue weighted by atomic mass is 9.78. The smallest absolute Gasteiger partial charge is 0.227 e. The molecule has 3 rings (SSSR count). The molecule has 0 atom stereocenters. The van der Waals surface area contributed by atoms with Gasteiger partial charge in [-0.1, -0.05) is 6.07 Å². The highest BCUT2D eigenvalue weighted by Crippen LogP contribution is 2.35. The summed E-state index contributed by atoms with van der Waals surface area (Å²) in [6.07, 6.45) is 5.85. The molecular formula is C18H26N6. The van der Waals surface area contributed by atoms with Crippen LogP contribution in [0.2, 0.25) is 0 Å². The van der Waals surface area contributed by atoms with Gasteiger partial charge >= 0.3 is 0 Å². The molecule has 1 aliphatic rings. The standard InChI is InChI=1S/C18H26N6/c1-24(2)18-22-16(13-10-14(19)11-13)12-17(23-18)21-9-5-7-15-6-3-4-8-20-15/h3-4,6,8,12-14H,5,7,9-11,19H2,1-2H3,(H,21,22,23). The van der Waals surface area contributed by atoms with E-state index in [2.05, 4.69) is 32.4 Å². The summed E-state index contributed by atoms with van der Waals surface area (Å²) in [4.78, 5) is 15.6. The van der Waals surface area contributed by atoms with Crippen LogP contribution in [0.1, 0.15) is 36.6 Å². The molecule has 0 spiro atoms. The van der Waals surface area contributed by atoms with E-state index in [0.717, 1.165) is 55.4 Å². The molecule has 2 heterocycles. The molecular weight excluding hydrogens is 300 g/mol. The molecule has 1 saturated carbocycles. The molecule has 0 saturated heterocycles. The van der Waals surface area contributed by atoms with E-state index in [-0.39, 0.29) is 0 Å². The number of nitrogens with two attached hydrogens (primary N) is 1. The third-order valence-corrected chi connectivity index (χ3v) is 4.37. The number of anilines is 2. The SMILES string of the molecule is CN(C)c1nc(NCCCc2ccccn2)cc(C2CC(N)C2)n1. The minimum absolute atomic E-state index is 0.322. The fraction of sp³-hybridized carbons (Fsp3) is 0.500. The van der Waals surface area contributed by atoms with E-state index < -0.39 is 0 Å². The van der Waals surface area contributed by atoms with Gasteiger partial charge in [-0.3, -0.25) is 4.98 Å². The Balaban J connectivity index is 1.59. The van der Waals surface area contributed by atoms with Gasteiger partial charge in [0.2, 0.25) is 5.95 Å². The Morgan fingerprint density at radius 1 is 1.25 bits per heavy atom. The Labute approximate surface area is 143 Å². The first-order valence-corrected chi connectivity index (χ1v) is 8.57. The van der Waals surface area contributed by atoms with Crippen molar-refractivity contribution in [3.05, 3.63) is 41.9 Å². The van der Waals surface area contributed by atoms with Crippen molar-refractivity contribution in [2.45, 2.75) is 37.6 Å². The predicted octanol–water partition coefficient (Wildman–Crippen LogP) is 2.19. The van der Waals surface area contributed by atoms with Crippen molar-refractivity contribution in [2.24, 2.45) is 5.73 Å². The third-order valence-electron chi connectivity index (χ3n) is 4.37. The van der Waals surface area contributed by atoms with Crippen LogP contribution in [-0.4, -0.2) is 41.6 Å². The zero-order valence-electron chi connectivity index (χ0n) is 14.4. The van der Waals surface area contributed by atoms with Crippen LogP contribution >= 0.6 is 0 Å². The molecule has 0 bridgehead atoms. The van der Waals surface area contributed by atoms with E-state index in [4.69, 9.17) is 5.73 Å². The number of hydrogen-bond donors (Lipinski definition) is 2. The zero-order chi connectivity index (χ0) is 16.9. The van der Waals surface area contributed by atoms with Gasteiger partial charge < -0.3 is 16.0 Å². The van der Waals surface area contributed by atoms with Crippen LogP contribution in [-0.2, 0) is 6.42 Å². The molecule has 0 aliphatic heterocycles. The number of nitrogens with one attached hydrogen (secondary N) is 1. The summed E-state index contributed by atoms with van der Waals surface area (Å²) < 4.78 is 0. The van der Waals surface area contributed by atoms with Crippen molar-refractivity contribution in [1.29, 1.82) is 0 Å². The number of rotatable bonds is 7. The topological polar surface area (TPSA) is 80.0 Å².